The number of hydrogen-bond acceptors (Lipinski definition) is 3. The van der Waals surface area contributed by atoms with Crippen LogP contribution in [0.4, 0.5) is 10.5 Å². The number of fused-ring (bicyclic) bond motifs is 3. The van der Waals surface area contributed by atoms with Crippen molar-refractivity contribution in [2.75, 3.05) is 25.5 Å². The summed E-state index contributed by atoms with van der Waals surface area (Å²) >= 11 is 0. The summed E-state index contributed by atoms with van der Waals surface area (Å²) in [5, 5.41) is 2.98. The Kier molecular flexibility index (Phi) is 4.20. The SMILES string of the molecule is COc1ccccc1NC(=O)N1CCN2C(=O)c3ccccc3C12c1ccccc1. The van der Waals surface area contributed by atoms with E-state index in [1.807, 2.05) is 66.7 Å². The number of ether oxygens (including phenoxy) is 1. The third-order valence-corrected chi connectivity index (χ3v) is 5.88. The number of nitrogens with zero attached hydrogens (tertiary/aromatic N) is 2. The van der Waals surface area contributed by atoms with Gasteiger partial charge in [0, 0.05) is 29.8 Å². The van der Waals surface area contributed by atoms with Crippen LogP contribution in [0.2, 0.25) is 0 Å². The van der Waals surface area contributed by atoms with Gasteiger partial charge in [0.05, 0.1) is 12.8 Å². The van der Waals surface area contributed by atoms with Crippen LogP contribution in [-0.4, -0.2) is 41.9 Å². The van der Waals surface area contributed by atoms with Gasteiger partial charge < -0.3 is 15.0 Å². The maximum atomic E-state index is 13.5. The summed E-state index contributed by atoms with van der Waals surface area (Å²) in [7, 11) is 1.57. The van der Waals surface area contributed by atoms with Gasteiger partial charge in [-0.05, 0) is 18.2 Å². The highest BCUT2D eigenvalue weighted by Crippen LogP contribution is 2.49. The number of carbonyl (C=O) groups excluding carboxylic acids is 2. The first-order valence-electron chi connectivity index (χ1n) is 9.86. The van der Waals surface area contributed by atoms with Crippen molar-refractivity contribution in [2.24, 2.45) is 0 Å². The topological polar surface area (TPSA) is 61.9 Å². The van der Waals surface area contributed by atoms with Gasteiger partial charge in [0.15, 0.2) is 5.66 Å². The largest absolute Gasteiger partial charge is 0.495 e. The predicted molar refractivity (Wildman–Crippen MR) is 113 cm³/mol. The molecule has 6 heteroatoms. The molecule has 0 saturated carbocycles. The van der Waals surface area contributed by atoms with E-state index in [1.165, 1.54) is 0 Å². The van der Waals surface area contributed by atoms with Gasteiger partial charge in [0.2, 0.25) is 0 Å². The monoisotopic (exact) mass is 399 g/mol. The van der Waals surface area contributed by atoms with Crippen molar-refractivity contribution in [3.05, 3.63) is 95.6 Å². The molecule has 150 valence electrons. The zero-order chi connectivity index (χ0) is 20.7. The molecule has 2 aliphatic rings. The molecule has 0 radical (unpaired) electrons. The molecule has 3 amide bonds. The molecular weight excluding hydrogens is 378 g/mol. The zero-order valence-corrected chi connectivity index (χ0v) is 16.5. The van der Waals surface area contributed by atoms with E-state index < -0.39 is 5.66 Å². The Hall–Kier alpha value is -3.80. The molecule has 0 aliphatic carbocycles. The van der Waals surface area contributed by atoms with E-state index in [-0.39, 0.29) is 11.9 Å². The quantitative estimate of drug-likeness (QED) is 0.727. The van der Waals surface area contributed by atoms with Crippen molar-refractivity contribution in [2.45, 2.75) is 5.66 Å². The van der Waals surface area contributed by atoms with Gasteiger partial charge in [-0.15, -0.1) is 0 Å². The average molecular weight is 399 g/mol. The fourth-order valence-corrected chi connectivity index (χ4v) is 4.64. The van der Waals surface area contributed by atoms with E-state index in [9.17, 15) is 9.59 Å². The second-order valence-corrected chi connectivity index (χ2v) is 7.32. The maximum absolute atomic E-state index is 13.5. The number of anilines is 1. The number of carbonyl (C=O) groups is 2. The van der Waals surface area contributed by atoms with E-state index in [1.54, 1.807) is 29.0 Å². The highest BCUT2D eigenvalue weighted by Gasteiger charge is 2.59. The normalized spacial score (nSPS) is 19.4. The third-order valence-electron chi connectivity index (χ3n) is 5.88. The Labute approximate surface area is 174 Å². The molecule has 6 nitrogen and oxygen atoms in total. The number of methoxy groups -OCH3 is 1. The highest BCUT2D eigenvalue weighted by atomic mass is 16.5. The predicted octanol–water partition coefficient (Wildman–Crippen LogP) is 3.90. The molecule has 0 bridgehead atoms. The summed E-state index contributed by atoms with van der Waals surface area (Å²) < 4.78 is 5.38. The summed E-state index contributed by atoms with van der Waals surface area (Å²) in [5.41, 5.74) is 1.96. The summed E-state index contributed by atoms with van der Waals surface area (Å²) in [5.74, 6) is 0.528. The lowest BCUT2D eigenvalue weighted by Gasteiger charge is -2.40. The molecule has 5 rings (SSSR count). The van der Waals surface area contributed by atoms with Crippen molar-refractivity contribution in [3.63, 3.8) is 0 Å². The van der Waals surface area contributed by atoms with Gasteiger partial charge >= 0.3 is 6.03 Å². The van der Waals surface area contributed by atoms with Gasteiger partial charge in [0.1, 0.15) is 5.75 Å². The minimum atomic E-state index is -0.971. The van der Waals surface area contributed by atoms with Gasteiger partial charge in [-0.2, -0.15) is 0 Å². The standard InChI is InChI=1S/C24H21N3O3/c1-30-21-14-8-7-13-20(21)25-23(29)27-16-15-26-22(28)18-11-5-6-12-19(18)24(26,27)17-9-3-2-4-10-17/h2-14H,15-16H2,1H3,(H,25,29). The molecule has 1 unspecified atom stereocenters. The first-order chi connectivity index (χ1) is 14.7. The number of urea groups is 1. The van der Waals surface area contributed by atoms with Crippen molar-refractivity contribution in [3.8, 4) is 5.75 Å². The molecular formula is C24H21N3O3. The van der Waals surface area contributed by atoms with Crippen LogP contribution in [-0.2, 0) is 5.66 Å². The molecule has 1 N–H and O–H groups in total. The first-order valence-corrected chi connectivity index (χ1v) is 9.86. The van der Waals surface area contributed by atoms with Crippen molar-refractivity contribution in [1.29, 1.82) is 0 Å². The third kappa shape index (κ3) is 2.43. The van der Waals surface area contributed by atoms with Crippen LogP contribution in [0.25, 0.3) is 0 Å². The first kappa shape index (κ1) is 18.2. The maximum Gasteiger partial charge on any atom is 0.324 e. The smallest absolute Gasteiger partial charge is 0.324 e. The van der Waals surface area contributed by atoms with Crippen LogP contribution < -0.4 is 10.1 Å². The minimum absolute atomic E-state index is 0.0537. The number of hydrogen-bond donors (Lipinski definition) is 1. The van der Waals surface area contributed by atoms with Crippen LogP contribution >= 0.6 is 0 Å². The Bertz CT molecular complexity index is 1130. The fraction of sp³-hybridized carbons (Fsp3) is 0.167. The highest BCUT2D eigenvalue weighted by molar-refractivity contribution is 6.03. The van der Waals surface area contributed by atoms with Gasteiger partial charge in [-0.3, -0.25) is 9.69 Å². The number of para-hydroxylation sites is 2. The van der Waals surface area contributed by atoms with Crippen molar-refractivity contribution < 1.29 is 14.3 Å². The van der Waals surface area contributed by atoms with Crippen LogP contribution in [0.1, 0.15) is 21.5 Å². The van der Waals surface area contributed by atoms with Crippen molar-refractivity contribution in [1.82, 2.24) is 9.80 Å². The molecule has 0 aromatic heterocycles. The number of benzene rings is 3. The zero-order valence-electron chi connectivity index (χ0n) is 16.5. The summed E-state index contributed by atoms with van der Waals surface area (Å²) in [6, 6.07) is 24.3. The molecule has 2 aliphatic heterocycles. The molecule has 1 fully saturated rings. The number of nitrogens with one attached hydrogen (secondary N) is 1. The fourth-order valence-electron chi connectivity index (χ4n) is 4.64. The summed E-state index contributed by atoms with van der Waals surface area (Å²) in [4.78, 5) is 30.3. The Morgan fingerprint density at radius 2 is 1.63 bits per heavy atom. The second kappa shape index (κ2) is 6.91. The van der Waals surface area contributed by atoms with E-state index >= 15 is 0 Å². The molecule has 2 heterocycles. The van der Waals surface area contributed by atoms with Gasteiger partial charge in [0.25, 0.3) is 5.91 Å². The van der Waals surface area contributed by atoms with Crippen molar-refractivity contribution >= 4 is 17.6 Å². The molecule has 3 aromatic carbocycles. The molecule has 1 atom stereocenters. The van der Waals surface area contributed by atoms with Crippen LogP contribution in [0, 0.1) is 0 Å². The lowest BCUT2D eigenvalue weighted by molar-refractivity contribution is 0.0560. The number of amides is 3. The van der Waals surface area contributed by atoms with E-state index in [0.29, 0.717) is 30.1 Å². The summed E-state index contributed by atoms with van der Waals surface area (Å²) in [6.45, 7) is 0.887. The minimum Gasteiger partial charge on any atom is -0.495 e. The summed E-state index contributed by atoms with van der Waals surface area (Å²) in [6.07, 6.45) is 0. The van der Waals surface area contributed by atoms with E-state index in [4.69, 9.17) is 4.74 Å². The molecule has 1 saturated heterocycles. The lowest BCUT2D eigenvalue weighted by atomic mass is 9.90. The lowest BCUT2D eigenvalue weighted by Crippen LogP contribution is -2.52. The van der Waals surface area contributed by atoms with E-state index in [0.717, 1.165) is 11.1 Å². The average Bonchev–Trinajstić information content (AvgIpc) is 3.31. The molecule has 0 spiro atoms. The van der Waals surface area contributed by atoms with E-state index in [2.05, 4.69) is 5.32 Å². The second-order valence-electron chi connectivity index (χ2n) is 7.32. The molecule has 30 heavy (non-hydrogen) atoms. The van der Waals surface area contributed by atoms with Crippen LogP contribution in [0.15, 0.2) is 78.9 Å². The van der Waals surface area contributed by atoms with Crippen LogP contribution in [0.3, 0.4) is 0 Å². The Morgan fingerprint density at radius 3 is 2.43 bits per heavy atom. The van der Waals surface area contributed by atoms with Gasteiger partial charge in [-0.25, -0.2) is 4.79 Å². The Balaban J connectivity index is 1.64. The van der Waals surface area contributed by atoms with Crippen LogP contribution in [0.5, 0.6) is 5.75 Å². The Morgan fingerprint density at radius 1 is 0.933 bits per heavy atom. The number of rotatable bonds is 3. The molecule has 3 aromatic rings. The van der Waals surface area contributed by atoms with Gasteiger partial charge in [-0.1, -0.05) is 60.7 Å².